The molecular weight excluding hydrogens is 1470 g/mol. The van der Waals surface area contributed by atoms with E-state index >= 15 is 0 Å². The maximum Gasteiger partial charge on any atom is -1.00 e. The SMILES string of the molecule is COc1c(C)c(OC)c([Si](c2c(C)c(OC)c(OC)c(C)c2OC)(c2c(C)c(OC)c(OC)c(C)c2OC)[C]2([Ti])C(C)=C(C)C(C)=C2C)c(C)c1OC.COc1cc(C)c([Si](c2c(C)cc(OC)c(C)c2OC)(c2c(C)cc(OC)c(C)c2OC)C2(C)C(C)=C(C)C(C)=[C]2[Ti+3])c(OC)c1C.[Cl-].[Cl-].[Cl-]. The Bertz CT molecular complexity index is 4030. The predicted octanol–water partition coefficient (Wildman–Crippen LogP) is 5.02. The Hall–Kier alpha value is -5.99. The molecule has 0 fully saturated rings. The summed E-state index contributed by atoms with van der Waals surface area (Å²) in [6.45, 7) is 43.4. The second kappa shape index (κ2) is 34.3. The molecule has 0 N–H and O–H groups in total. The largest absolute Gasteiger partial charge is 1.00 e. The van der Waals surface area contributed by atoms with E-state index in [1.165, 1.54) is 58.4 Å². The van der Waals surface area contributed by atoms with Gasteiger partial charge in [0.1, 0.15) is 0 Å². The Morgan fingerprint density at radius 3 is 0.660 bits per heavy atom. The Labute approximate surface area is 658 Å². The van der Waals surface area contributed by atoms with Crippen LogP contribution in [0, 0.1) is 83.1 Å². The molecule has 103 heavy (non-hydrogen) atoms. The normalized spacial score (nSPS) is 14.8. The summed E-state index contributed by atoms with van der Waals surface area (Å²) in [5.41, 5.74) is 20.1. The molecule has 0 aromatic heterocycles. The molecule has 1 unspecified atom stereocenters. The quantitative estimate of drug-likeness (QED) is 0.0627. The van der Waals surface area contributed by atoms with Crippen molar-refractivity contribution < 1.29 is 149 Å². The molecule has 1 atom stereocenters. The van der Waals surface area contributed by atoms with Crippen LogP contribution in [0.4, 0.5) is 0 Å². The van der Waals surface area contributed by atoms with Crippen LogP contribution in [0.5, 0.6) is 86.2 Å². The van der Waals surface area contributed by atoms with Crippen molar-refractivity contribution in [1.82, 2.24) is 0 Å². The van der Waals surface area contributed by atoms with Crippen LogP contribution >= 0.6 is 0 Å². The number of hydrogen-bond donors (Lipinski definition) is 0. The Morgan fingerprint density at radius 1 is 0.262 bits per heavy atom. The second-order valence-electron chi connectivity index (χ2n) is 26.6. The van der Waals surface area contributed by atoms with Crippen LogP contribution in [-0.2, 0) is 40.9 Å². The summed E-state index contributed by atoms with van der Waals surface area (Å²) in [6, 6.07) is 6.50. The van der Waals surface area contributed by atoms with Crippen molar-refractivity contribution in [3.8, 4) is 86.2 Å². The summed E-state index contributed by atoms with van der Waals surface area (Å²) >= 11 is 4.69. The zero-order valence-electron chi connectivity index (χ0n) is 67.5. The fraction of sp³-hybridized carbons (Fsp3) is 0.457. The van der Waals surface area contributed by atoms with E-state index in [1.54, 1.807) is 107 Å². The van der Waals surface area contributed by atoms with Gasteiger partial charge in [0.25, 0.3) is 0 Å². The molecule has 8 rings (SSSR count). The van der Waals surface area contributed by atoms with Crippen LogP contribution in [0.15, 0.2) is 61.1 Å². The molecule has 6 aromatic rings. The van der Waals surface area contributed by atoms with Gasteiger partial charge in [-0.15, -0.1) is 0 Å². The molecule has 0 bridgehead atoms. The summed E-state index contributed by atoms with van der Waals surface area (Å²) in [5, 5.41) is 5.97. The first-order valence-electron chi connectivity index (χ1n) is 33.4. The summed E-state index contributed by atoms with van der Waals surface area (Å²) < 4.78 is 95.2. The van der Waals surface area contributed by atoms with Crippen molar-refractivity contribution in [2.75, 3.05) is 107 Å². The topological polar surface area (TPSA) is 138 Å². The van der Waals surface area contributed by atoms with Gasteiger partial charge in [-0.25, -0.2) is 0 Å². The van der Waals surface area contributed by atoms with Crippen LogP contribution < -0.4 is 139 Å². The molecule has 0 heterocycles. The molecule has 0 amide bonds. The number of ether oxygens (including phenoxy) is 15. The van der Waals surface area contributed by atoms with Gasteiger partial charge in [0.15, 0.2) is 0 Å². The van der Waals surface area contributed by atoms with Crippen molar-refractivity contribution in [1.29, 1.82) is 0 Å². The van der Waals surface area contributed by atoms with Crippen molar-refractivity contribution >= 4 is 47.3 Å². The van der Waals surface area contributed by atoms with Gasteiger partial charge in [0.05, 0.1) is 0 Å². The molecule has 22 heteroatoms. The number of rotatable bonds is 23. The van der Waals surface area contributed by atoms with Crippen molar-refractivity contribution in [2.45, 2.75) is 147 Å². The minimum Gasteiger partial charge on any atom is -1.00 e. The van der Waals surface area contributed by atoms with E-state index in [1.807, 2.05) is 20.8 Å². The number of benzene rings is 6. The van der Waals surface area contributed by atoms with Crippen LogP contribution in [0.1, 0.15) is 122 Å². The second-order valence-corrected chi connectivity index (χ2v) is 37.1. The molecule has 0 aliphatic heterocycles. The maximum atomic E-state index is 6.64. The smallest absolute Gasteiger partial charge is 1.00 e. The van der Waals surface area contributed by atoms with E-state index < -0.39 is 24.5 Å². The van der Waals surface area contributed by atoms with Gasteiger partial charge in [-0.05, 0) is 0 Å². The van der Waals surface area contributed by atoms with Gasteiger partial charge in [0, 0.05) is 0 Å². The maximum absolute atomic E-state index is 6.64. The van der Waals surface area contributed by atoms with Crippen molar-refractivity contribution in [2.24, 2.45) is 0 Å². The third-order valence-electron chi connectivity index (χ3n) is 22.8. The van der Waals surface area contributed by atoms with Gasteiger partial charge in [0.2, 0.25) is 0 Å². The van der Waals surface area contributed by atoms with Crippen LogP contribution in [0.2, 0.25) is 8.38 Å². The van der Waals surface area contributed by atoms with Crippen LogP contribution in [0.3, 0.4) is 0 Å². The van der Waals surface area contributed by atoms with Gasteiger partial charge < -0.3 is 37.2 Å². The van der Waals surface area contributed by atoms with Crippen LogP contribution in [-0.4, -0.2) is 123 Å². The Kier molecular flexibility index (Phi) is 29.8. The van der Waals surface area contributed by atoms with E-state index in [2.05, 4.69) is 177 Å². The fourth-order valence-corrected chi connectivity index (χ4v) is 36.2. The number of halogens is 3. The summed E-state index contributed by atoms with van der Waals surface area (Å²) in [7, 11) is 18.3. The van der Waals surface area contributed by atoms with Crippen LogP contribution in [0.25, 0.3) is 0 Å². The van der Waals surface area contributed by atoms with Gasteiger partial charge >= 0.3 is 627 Å². The summed E-state index contributed by atoms with van der Waals surface area (Å²) in [4.78, 5) is 0. The molecule has 2 aliphatic rings. The molecule has 0 spiro atoms. The number of aryl methyl sites for hydroxylation is 3. The fourth-order valence-electron chi connectivity index (χ4n) is 17.6. The van der Waals surface area contributed by atoms with E-state index in [0.29, 0.717) is 51.7 Å². The molecule has 0 saturated carbocycles. The van der Waals surface area contributed by atoms with E-state index in [4.69, 9.17) is 71.1 Å². The first kappa shape index (κ1) is 89.4. The van der Waals surface area contributed by atoms with E-state index in [0.717, 1.165) is 117 Å². The standard InChI is InChI=1S/C42H57O9Si.C39H51O6Si.3ClH.2Ti/c1-20-21(2)23(4)39(22(20)3)52(40-27(8)33(46-14)30(43-11)24(5)36(40)49-17,41-28(9)34(47-15)31(44-12)25(6)37(41)50-18)42-29(10)35(48-16)32(45-13)26(7)38(42)51-19;1-21-17-30(40-11)26(6)33(43-14)36(21)46(39(10)20-24(4)25(5)29(39)9,37-22(2)18-31(41-12)27(7)34(37)44-15)38-23(3)19-32(42-13)28(8)35(38)45-16;;;;;/h1-19H3;17-19H,1-16H3;3*1H;;/q;;;;;;+3/p-3. The van der Waals surface area contributed by atoms with Gasteiger partial charge in [-0.1, -0.05) is 0 Å². The van der Waals surface area contributed by atoms with Gasteiger partial charge in [-0.3, -0.25) is 0 Å². The number of allylic oxidation sites excluding steroid dienone is 8. The minimum atomic E-state index is -3.90. The molecular formula is C81H108Cl3O15Si2Ti2. The predicted molar refractivity (Wildman–Crippen MR) is 402 cm³/mol. The first-order valence-corrected chi connectivity index (χ1v) is 39.0. The zero-order chi connectivity index (χ0) is 75.4. The average molecular weight is 1580 g/mol. The first-order chi connectivity index (χ1) is 47.1. The van der Waals surface area contributed by atoms with Crippen molar-refractivity contribution in [3.63, 3.8) is 0 Å². The Balaban J connectivity index is 0.000000427. The number of hydrogen-bond acceptors (Lipinski definition) is 15. The van der Waals surface area contributed by atoms with E-state index in [9.17, 15) is 0 Å². The van der Waals surface area contributed by atoms with Gasteiger partial charge in [-0.2, -0.15) is 0 Å². The Morgan fingerprint density at radius 2 is 0.466 bits per heavy atom. The third kappa shape index (κ3) is 12.7. The van der Waals surface area contributed by atoms with Crippen molar-refractivity contribution in [3.05, 3.63) is 128 Å². The zero-order valence-corrected chi connectivity index (χ0v) is 74.9. The molecule has 15 nitrogen and oxygen atoms in total. The summed E-state index contributed by atoms with van der Waals surface area (Å²) in [5.74, 6) is 10.6. The summed E-state index contributed by atoms with van der Waals surface area (Å²) in [6.07, 6.45) is 0. The molecule has 559 valence electrons. The monoisotopic (exact) mass is 1580 g/mol. The number of methoxy groups -OCH3 is 15. The third-order valence-corrected chi connectivity index (χ3v) is 39.6. The minimum absolute atomic E-state index is 0. The molecule has 6 aromatic carbocycles. The molecule has 2 aliphatic carbocycles. The van der Waals surface area contributed by atoms with E-state index in [-0.39, 0.29) is 37.2 Å². The molecule has 0 saturated heterocycles. The molecule has 0 radical (unpaired) electrons. The average Bonchev–Trinajstić information content (AvgIpc) is 1.67.